The second-order valence-electron chi connectivity index (χ2n) is 7.51. The van der Waals surface area contributed by atoms with E-state index >= 15 is 0 Å². The van der Waals surface area contributed by atoms with Crippen LogP contribution in [0.15, 0.2) is 0 Å². The highest BCUT2D eigenvalue weighted by molar-refractivity contribution is 4.81. The summed E-state index contributed by atoms with van der Waals surface area (Å²) < 4.78 is 21.7. The zero-order valence-electron chi connectivity index (χ0n) is 17.5. The Balaban J connectivity index is 5.02. The van der Waals surface area contributed by atoms with E-state index in [2.05, 4.69) is 6.92 Å². The van der Waals surface area contributed by atoms with Crippen molar-refractivity contribution in [1.29, 1.82) is 0 Å². The van der Waals surface area contributed by atoms with Gasteiger partial charge in [-0.1, -0.05) is 26.2 Å². The fourth-order valence-corrected chi connectivity index (χ4v) is 2.40. The minimum Gasteiger partial charge on any atom is -0.368 e. The van der Waals surface area contributed by atoms with Crippen LogP contribution in [-0.2, 0) is 18.9 Å². The molecule has 0 aliphatic carbocycles. The molecule has 164 valence electrons. The van der Waals surface area contributed by atoms with Gasteiger partial charge >= 0.3 is 0 Å². The normalized spacial score (nSPS) is 19.9. The van der Waals surface area contributed by atoms with Crippen LogP contribution in [0, 0.1) is 5.41 Å². The molecule has 0 aromatic heterocycles. The lowest BCUT2D eigenvalue weighted by atomic mass is 9.91. The molecule has 0 saturated carbocycles. The van der Waals surface area contributed by atoms with Gasteiger partial charge in [0.2, 0.25) is 0 Å². The minimum absolute atomic E-state index is 0.0000617. The fraction of sp³-hybridized carbons (Fsp3) is 1.00. The van der Waals surface area contributed by atoms with Crippen molar-refractivity contribution in [1.82, 2.24) is 0 Å². The number of aliphatic hydroxyl groups excluding tert-OH is 3. The number of rotatable bonds is 17. The molecule has 0 aromatic carbocycles. The molecule has 0 heterocycles. The second kappa shape index (κ2) is 13.8. The highest BCUT2D eigenvalue weighted by Crippen LogP contribution is 2.26. The Labute approximate surface area is 163 Å². The molecule has 0 aliphatic rings. The lowest BCUT2D eigenvalue weighted by Gasteiger charge is -2.36. The third kappa shape index (κ3) is 14.3. The van der Waals surface area contributed by atoms with Crippen molar-refractivity contribution in [3.8, 4) is 0 Å². The van der Waals surface area contributed by atoms with Gasteiger partial charge in [-0.2, -0.15) is 0 Å². The van der Waals surface area contributed by atoms with Crippen LogP contribution < -0.4 is 0 Å². The largest absolute Gasteiger partial charge is 0.368 e. The quantitative estimate of drug-likeness (QED) is 0.217. The van der Waals surface area contributed by atoms with Gasteiger partial charge < -0.3 is 39.4 Å². The maximum absolute atomic E-state index is 10.5. The second-order valence-corrected chi connectivity index (χ2v) is 7.51. The van der Waals surface area contributed by atoms with Gasteiger partial charge in [-0.3, -0.25) is 0 Å². The van der Waals surface area contributed by atoms with Crippen molar-refractivity contribution >= 4 is 0 Å². The van der Waals surface area contributed by atoms with Gasteiger partial charge in [-0.25, -0.2) is 0 Å². The van der Waals surface area contributed by atoms with E-state index < -0.39 is 30.1 Å². The first-order chi connectivity index (χ1) is 12.5. The lowest BCUT2D eigenvalue weighted by molar-refractivity contribution is -0.248. The average molecular weight is 397 g/mol. The summed E-state index contributed by atoms with van der Waals surface area (Å²) in [4.78, 5) is 0. The van der Waals surface area contributed by atoms with E-state index in [0.29, 0.717) is 6.42 Å². The van der Waals surface area contributed by atoms with Crippen molar-refractivity contribution < 1.29 is 39.4 Å². The molecule has 0 aliphatic heterocycles. The molecule has 27 heavy (non-hydrogen) atoms. The third-order valence-corrected chi connectivity index (χ3v) is 4.08. The van der Waals surface area contributed by atoms with Crippen LogP contribution >= 0.6 is 0 Å². The van der Waals surface area contributed by atoms with Crippen molar-refractivity contribution in [3.63, 3.8) is 0 Å². The summed E-state index contributed by atoms with van der Waals surface area (Å²) in [5, 5.41) is 38.9. The average Bonchev–Trinajstić information content (AvgIpc) is 2.57. The molecule has 4 unspecified atom stereocenters. The Kier molecular flexibility index (Phi) is 13.6. The molecule has 4 N–H and O–H groups in total. The van der Waals surface area contributed by atoms with Gasteiger partial charge in [-0.05, 0) is 34.1 Å². The van der Waals surface area contributed by atoms with Crippen LogP contribution in [-0.4, -0.2) is 71.5 Å². The summed E-state index contributed by atoms with van der Waals surface area (Å²) in [6, 6.07) is 0. The summed E-state index contributed by atoms with van der Waals surface area (Å²) >= 11 is 0. The first-order valence-electron chi connectivity index (χ1n) is 9.77. The molecular formula is C19H40O8. The Morgan fingerprint density at radius 2 is 1.19 bits per heavy atom. The van der Waals surface area contributed by atoms with Gasteiger partial charge in [0.05, 0.1) is 31.8 Å². The topological polar surface area (TPSA) is 118 Å². The highest BCUT2D eigenvalue weighted by atomic mass is 16.6. The first-order valence-corrected chi connectivity index (χ1v) is 9.77. The van der Waals surface area contributed by atoms with Crippen LogP contribution in [0.25, 0.3) is 0 Å². The van der Waals surface area contributed by atoms with E-state index in [1.54, 1.807) is 6.92 Å². The van der Waals surface area contributed by atoms with Gasteiger partial charge in [-0.15, -0.1) is 0 Å². The molecule has 0 spiro atoms. The molecule has 0 bridgehead atoms. The smallest absolute Gasteiger partial charge is 0.162 e. The monoisotopic (exact) mass is 396 g/mol. The predicted octanol–water partition coefficient (Wildman–Crippen LogP) is 1.73. The molecule has 8 heteroatoms. The zero-order chi connectivity index (χ0) is 20.9. The summed E-state index contributed by atoms with van der Waals surface area (Å²) in [6.45, 7) is 8.13. The molecule has 0 saturated heterocycles. The number of unbranched alkanes of at least 4 members (excludes halogenated alkanes) is 3. The summed E-state index contributed by atoms with van der Waals surface area (Å²) in [5.74, 6) is -1.33. The van der Waals surface area contributed by atoms with Crippen LogP contribution in [0.5, 0.6) is 0 Å². The SMILES string of the molecule is CCCCCCC(C)(O)OCC(COC(C)O)(COC(C)O)COC(C)O. The van der Waals surface area contributed by atoms with Gasteiger partial charge in [0, 0.05) is 6.42 Å². The van der Waals surface area contributed by atoms with Gasteiger partial charge in [0.15, 0.2) is 24.7 Å². The molecule has 0 aromatic rings. The fourth-order valence-electron chi connectivity index (χ4n) is 2.40. The van der Waals surface area contributed by atoms with Crippen LogP contribution in [0.4, 0.5) is 0 Å². The Hall–Kier alpha value is -0.320. The van der Waals surface area contributed by atoms with Crippen LogP contribution in [0.3, 0.4) is 0 Å². The summed E-state index contributed by atoms with van der Waals surface area (Å²) in [6.07, 6.45) is 1.50. The lowest BCUT2D eigenvalue weighted by Crippen LogP contribution is -2.46. The van der Waals surface area contributed by atoms with Crippen molar-refractivity contribution in [2.75, 3.05) is 26.4 Å². The van der Waals surface area contributed by atoms with Crippen molar-refractivity contribution in [3.05, 3.63) is 0 Å². The summed E-state index contributed by atoms with van der Waals surface area (Å²) in [7, 11) is 0. The highest BCUT2D eigenvalue weighted by Gasteiger charge is 2.36. The Bertz CT molecular complexity index is 326. The Morgan fingerprint density at radius 1 is 0.741 bits per heavy atom. The van der Waals surface area contributed by atoms with Gasteiger partial charge in [0.1, 0.15) is 0 Å². The maximum atomic E-state index is 10.5. The van der Waals surface area contributed by atoms with Crippen molar-refractivity contribution in [2.24, 2.45) is 5.41 Å². The van der Waals surface area contributed by atoms with Gasteiger partial charge in [0.25, 0.3) is 0 Å². The van der Waals surface area contributed by atoms with E-state index in [-0.39, 0.29) is 26.4 Å². The van der Waals surface area contributed by atoms with E-state index in [1.807, 2.05) is 0 Å². The maximum Gasteiger partial charge on any atom is 0.162 e. The molecule has 8 nitrogen and oxygen atoms in total. The van der Waals surface area contributed by atoms with Crippen LogP contribution in [0.2, 0.25) is 0 Å². The summed E-state index contributed by atoms with van der Waals surface area (Å²) in [5.41, 5.74) is -0.932. The predicted molar refractivity (Wildman–Crippen MR) is 101 cm³/mol. The molecule has 4 atom stereocenters. The molecular weight excluding hydrogens is 356 g/mol. The van der Waals surface area contributed by atoms with E-state index in [1.165, 1.54) is 20.8 Å². The minimum atomic E-state index is -1.33. The first kappa shape index (κ1) is 26.7. The van der Waals surface area contributed by atoms with E-state index in [4.69, 9.17) is 18.9 Å². The molecule has 0 fully saturated rings. The number of hydrogen-bond donors (Lipinski definition) is 4. The third-order valence-electron chi connectivity index (χ3n) is 4.08. The molecule has 0 amide bonds. The number of hydrogen-bond acceptors (Lipinski definition) is 8. The standard InChI is InChI=1S/C19H40O8/c1-6-7-8-9-10-18(5,23)27-14-19(11-24-15(2)20,12-25-16(3)21)13-26-17(4)22/h15-17,20-23H,6-14H2,1-5H3. The number of aliphatic hydroxyl groups is 4. The van der Waals surface area contributed by atoms with E-state index in [0.717, 1.165) is 25.7 Å². The molecule has 0 rings (SSSR count). The zero-order valence-corrected chi connectivity index (χ0v) is 17.5. The Morgan fingerprint density at radius 3 is 1.56 bits per heavy atom. The number of ether oxygens (including phenoxy) is 4. The molecule has 0 radical (unpaired) electrons. The van der Waals surface area contributed by atoms with E-state index in [9.17, 15) is 20.4 Å². The van der Waals surface area contributed by atoms with Crippen LogP contribution in [0.1, 0.15) is 66.7 Å². The van der Waals surface area contributed by atoms with Crippen molar-refractivity contribution in [2.45, 2.75) is 91.4 Å².